The number of ether oxygens (including phenoxy) is 1. The van der Waals surface area contributed by atoms with Crippen LogP contribution >= 0.6 is 0 Å². The molecule has 0 aromatic carbocycles. The van der Waals surface area contributed by atoms with Crippen LogP contribution < -0.4 is 11.1 Å². The lowest BCUT2D eigenvalue weighted by Crippen LogP contribution is -2.42. The first-order valence-corrected chi connectivity index (χ1v) is 6.30. The van der Waals surface area contributed by atoms with Crippen molar-refractivity contribution in [3.63, 3.8) is 0 Å². The van der Waals surface area contributed by atoms with Crippen LogP contribution in [0.15, 0.2) is 0 Å². The van der Waals surface area contributed by atoms with E-state index in [2.05, 4.69) is 12.2 Å². The number of hydrogen-bond donors (Lipinski definition) is 2. The molecule has 0 fully saturated rings. The molecule has 0 aliphatic rings. The average molecular weight is 244 g/mol. The molecule has 0 saturated heterocycles. The Morgan fingerprint density at radius 2 is 1.76 bits per heavy atom. The average Bonchev–Trinajstić information content (AvgIpc) is 2.27. The van der Waals surface area contributed by atoms with E-state index < -0.39 is 18.0 Å². The molecule has 17 heavy (non-hydrogen) atoms. The molecule has 0 spiro atoms. The maximum absolute atomic E-state index is 11.2. The highest BCUT2D eigenvalue weighted by molar-refractivity contribution is 5.83. The van der Waals surface area contributed by atoms with E-state index in [1.807, 2.05) is 0 Å². The number of unbranched alkanes of at least 4 members (excludes halogenated alkanes) is 5. The number of alkyl carbamates (subject to hydrolysis) is 1. The van der Waals surface area contributed by atoms with E-state index in [0.29, 0.717) is 6.61 Å². The first-order chi connectivity index (χ1) is 8.07. The summed E-state index contributed by atoms with van der Waals surface area (Å²) < 4.78 is 4.91. The molecule has 1 unspecified atom stereocenters. The van der Waals surface area contributed by atoms with E-state index in [1.54, 1.807) is 0 Å². The summed E-state index contributed by atoms with van der Waals surface area (Å²) in [5.41, 5.74) is 5.00. The summed E-state index contributed by atoms with van der Waals surface area (Å²) in [4.78, 5) is 21.8. The minimum atomic E-state index is -0.688. The van der Waals surface area contributed by atoms with Crippen LogP contribution in [0.3, 0.4) is 0 Å². The lowest BCUT2D eigenvalue weighted by molar-refractivity contribution is -0.119. The summed E-state index contributed by atoms with van der Waals surface area (Å²) in [5, 5.41) is 2.35. The van der Waals surface area contributed by atoms with Gasteiger partial charge in [0.25, 0.3) is 0 Å². The van der Waals surface area contributed by atoms with Crippen LogP contribution in [0.2, 0.25) is 0 Å². The third-order valence-corrected chi connectivity index (χ3v) is 2.49. The van der Waals surface area contributed by atoms with Crippen LogP contribution in [0.4, 0.5) is 4.79 Å². The van der Waals surface area contributed by atoms with Gasteiger partial charge in [-0.15, -0.1) is 0 Å². The van der Waals surface area contributed by atoms with Crippen molar-refractivity contribution in [2.45, 2.75) is 58.4 Å². The Labute approximate surface area is 103 Å². The highest BCUT2D eigenvalue weighted by Crippen LogP contribution is 2.04. The van der Waals surface area contributed by atoms with Gasteiger partial charge in [0, 0.05) is 0 Å². The summed E-state index contributed by atoms with van der Waals surface area (Å²) in [6.45, 7) is 4.09. The van der Waals surface area contributed by atoms with Gasteiger partial charge in [-0.25, -0.2) is 4.79 Å². The van der Waals surface area contributed by atoms with Crippen LogP contribution in [0, 0.1) is 0 Å². The Kier molecular flexibility index (Phi) is 9.19. The summed E-state index contributed by atoms with van der Waals surface area (Å²) >= 11 is 0. The molecule has 0 heterocycles. The normalized spacial score (nSPS) is 11.9. The molecule has 5 nitrogen and oxygen atoms in total. The highest BCUT2D eigenvalue weighted by Gasteiger charge is 2.12. The zero-order valence-corrected chi connectivity index (χ0v) is 10.8. The Balaban J connectivity index is 3.36. The number of nitrogens with one attached hydrogen (secondary N) is 1. The minimum absolute atomic E-state index is 0.392. The van der Waals surface area contributed by atoms with Gasteiger partial charge in [-0.1, -0.05) is 39.0 Å². The fraction of sp³-hybridized carbons (Fsp3) is 0.833. The molecule has 2 amide bonds. The molecule has 0 rings (SSSR count). The number of carbonyl (C=O) groups excluding carboxylic acids is 2. The van der Waals surface area contributed by atoms with Gasteiger partial charge in [0.2, 0.25) is 5.91 Å². The third-order valence-electron chi connectivity index (χ3n) is 2.49. The summed E-state index contributed by atoms with van der Waals surface area (Å²) in [6, 6.07) is -0.688. The molecule has 5 heteroatoms. The molecule has 3 N–H and O–H groups in total. The van der Waals surface area contributed by atoms with E-state index in [-0.39, 0.29) is 0 Å². The number of amides is 2. The molecule has 1 atom stereocenters. The second-order valence-corrected chi connectivity index (χ2v) is 4.17. The fourth-order valence-electron chi connectivity index (χ4n) is 1.34. The van der Waals surface area contributed by atoms with Crippen molar-refractivity contribution in [2.75, 3.05) is 6.61 Å². The third kappa shape index (κ3) is 9.66. The molecule has 0 aromatic rings. The topological polar surface area (TPSA) is 81.4 Å². The lowest BCUT2D eigenvalue weighted by Gasteiger charge is -2.10. The zero-order chi connectivity index (χ0) is 13.1. The molecule has 0 aliphatic carbocycles. The SMILES string of the molecule is CCCCCCCCOC(=O)NC(C)C(N)=O. The van der Waals surface area contributed by atoms with E-state index in [9.17, 15) is 9.59 Å². The molecule has 0 radical (unpaired) electrons. The molecule has 100 valence electrons. The number of hydrogen-bond acceptors (Lipinski definition) is 3. The van der Waals surface area contributed by atoms with Crippen molar-refractivity contribution in [1.29, 1.82) is 0 Å². The lowest BCUT2D eigenvalue weighted by atomic mass is 10.1. The zero-order valence-electron chi connectivity index (χ0n) is 10.8. The predicted molar refractivity (Wildman–Crippen MR) is 66.5 cm³/mol. The largest absolute Gasteiger partial charge is 0.450 e. The van der Waals surface area contributed by atoms with E-state index >= 15 is 0 Å². The van der Waals surface area contributed by atoms with Crippen LogP contribution in [-0.4, -0.2) is 24.6 Å². The van der Waals surface area contributed by atoms with E-state index in [4.69, 9.17) is 10.5 Å². The van der Waals surface area contributed by atoms with Gasteiger partial charge in [-0.3, -0.25) is 4.79 Å². The van der Waals surface area contributed by atoms with Gasteiger partial charge in [0.15, 0.2) is 0 Å². The van der Waals surface area contributed by atoms with E-state index in [0.717, 1.165) is 12.8 Å². The van der Waals surface area contributed by atoms with Gasteiger partial charge in [0.05, 0.1) is 6.61 Å². The Hall–Kier alpha value is -1.26. The highest BCUT2D eigenvalue weighted by atomic mass is 16.5. The van der Waals surface area contributed by atoms with Crippen LogP contribution in [0.25, 0.3) is 0 Å². The Bertz CT molecular complexity index is 232. The first-order valence-electron chi connectivity index (χ1n) is 6.30. The maximum Gasteiger partial charge on any atom is 0.407 e. The maximum atomic E-state index is 11.2. The minimum Gasteiger partial charge on any atom is -0.450 e. The summed E-state index contributed by atoms with van der Waals surface area (Å²) in [7, 11) is 0. The molecule has 0 saturated carbocycles. The quantitative estimate of drug-likeness (QED) is 0.608. The number of carbonyl (C=O) groups is 2. The van der Waals surface area contributed by atoms with Gasteiger partial charge in [-0.2, -0.15) is 0 Å². The predicted octanol–water partition coefficient (Wildman–Crippen LogP) is 1.95. The van der Waals surface area contributed by atoms with Gasteiger partial charge in [-0.05, 0) is 13.3 Å². The molecular formula is C12H24N2O3. The number of rotatable bonds is 9. The van der Waals surface area contributed by atoms with Crippen molar-refractivity contribution >= 4 is 12.0 Å². The van der Waals surface area contributed by atoms with Crippen molar-refractivity contribution < 1.29 is 14.3 Å². The van der Waals surface area contributed by atoms with Gasteiger partial charge in [0.1, 0.15) is 6.04 Å². The molecule has 0 aliphatic heterocycles. The second-order valence-electron chi connectivity index (χ2n) is 4.17. The second kappa shape index (κ2) is 9.93. The van der Waals surface area contributed by atoms with Crippen molar-refractivity contribution in [3.05, 3.63) is 0 Å². The van der Waals surface area contributed by atoms with Crippen molar-refractivity contribution in [1.82, 2.24) is 5.32 Å². The molecular weight excluding hydrogens is 220 g/mol. The standard InChI is InChI=1S/C12H24N2O3/c1-3-4-5-6-7-8-9-17-12(16)14-10(2)11(13)15/h10H,3-9H2,1-2H3,(H2,13,15)(H,14,16). The Morgan fingerprint density at radius 3 is 2.35 bits per heavy atom. The van der Waals surface area contributed by atoms with Gasteiger partial charge < -0.3 is 15.8 Å². The van der Waals surface area contributed by atoms with Crippen LogP contribution in [-0.2, 0) is 9.53 Å². The van der Waals surface area contributed by atoms with Crippen LogP contribution in [0.1, 0.15) is 52.4 Å². The first kappa shape index (κ1) is 15.7. The Morgan fingerprint density at radius 1 is 1.18 bits per heavy atom. The smallest absolute Gasteiger partial charge is 0.407 e. The summed E-state index contributed by atoms with van der Waals surface area (Å²) in [5.74, 6) is -0.568. The molecule has 0 aromatic heterocycles. The summed E-state index contributed by atoms with van der Waals surface area (Å²) in [6.07, 6.45) is 6.25. The van der Waals surface area contributed by atoms with Crippen molar-refractivity contribution in [3.8, 4) is 0 Å². The van der Waals surface area contributed by atoms with Crippen molar-refractivity contribution in [2.24, 2.45) is 5.73 Å². The van der Waals surface area contributed by atoms with Crippen LogP contribution in [0.5, 0.6) is 0 Å². The monoisotopic (exact) mass is 244 g/mol. The molecule has 0 bridgehead atoms. The number of primary amides is 1. The fourth-order valence-corrected chi connectivity index (χ4v) is 1.34. The number of nitrogens with two attached hydrogens (primary N) is 1. The van der Waals surface area contributed by atoms with E-state index in [1.165, 1.54) is 32.6 Å². The van der Waals surface area contributed by atoms with Gasteiger partial charge >= 0.3 is 6.09 Å².